The number of rotatable bonds is 2. The molecule has 1 aliphatic heterocycles. The molecule has 1 aliphatic rings. The van der Waals surface area contributed by atoms with E-state index in [-0.39, 0.29) is 11.2 Å². The van der Waals surface area contributed by atoms with Crippen LogP contribution in [0.2, 0.25) is 0 Å². The van der Waals surface area contributed by atoms with Crippen LogP contribution in [-0.4, -0.2) is 12.3 Å². The summed E-state index contributed by atoms with van der Waals surface area (Å²) in [6, 6.07) is 8.28. The molecule has 0 saturated heterocycles. The van der Waals surface area contributed by atoms with E-state index in [2.05, 4.69) is 24.0 Å². The molecule has 0 saturated carbocycles. The first-order valence-corrected chi connectivity index (χ1v) is 7.05. The molecular weight excluding hydrogens is 242 g/mol. The van der Waals surface area contributed by atoms with Crippen LogP contribution >= 0.6 is 11.8 Å². The van der Waals surface area contributed by atoms with Crippen molar-refractivity contribution in [2.45, 2.75) is 32.6 Å². The van der Waals surface area contributed by atoms with E-state index >= 15 is 0 Å². The standard InChI is InChI=1S/C15H19NOS/c1-5-16-11-8-6-7-9-12(11)18-14(16)10-13(17)15(2,3)4/h6-10H,5H2,1-4H3/b14-10-. The third kappa shape index (κ3) is 2.46. The Hall–Kier alpha value is -1.22. The van der Waals surface area contributed by atoms with Crippen LogP contribution in [0, 0.1) is 5.41 Å². The Kier molecular flexibility index (Phi) is 3.53. The highest BCUT2D eigenvalue weighted by atomic mass is 32.2. The Morgan fingerprint density at radius 1 is 1.33 bits per heavy atom. The van der Waals surface area contributed by atoms with Gasteiger partial charge in [0, 0.05) is 22.9 Å². The van der Waals surface area contributed by atoms with Crippen molar-refractivity contribution in [3.63, 3.8) is 0 Å². The maximum Gasteiger partial charge on any atom is 0.163 e. The smallest absolute Gasteiger partial charge is 0.163 e. The highest BCUT2D eigenvalue weighted by Crippen LogP contribution is 2.45. The molecule has 1 heterocycles. The zero-order valence-corrected chi connectivity index (χ0v) is 12.2. The van der Waals surface area contributed by atoms with E-state index in [9.17, 15) is 4.79 Å². The first kappa shape index (κ1) is 13.2. The fraction of sp³-hybridized carbons (Fsp3) is 0.400. The lowest BCUT2D eigenvalue weighted by Gasteiger charge is -2.19. The molecule has 3 heteroatoms. The van der Waals surface area contributed by atoms with Crippen LogP contribution < -0.4 is 4.90 Å². The zero-order valence-electron chi connectivity index (χ0n) is 11.4. The Labute approximate surface area is 113 Å². The molecule has 0 bridgehead atoms. The van der Waals surface area contributed by atoms with Crippen molar-refractivity contribution in [1.29, 1.82) is 0 Å². The molecule has 0 spiro atoms. The number of nitrogens with zero attached hydrogens (tertiary/aromatic N) is 1. The van der Waals surface area contributed by atoms with Gasteiger partial charge in [-0.25, -0.2) is 0 Å². The van der Waals surface area contributed by atoms with Gasteiger partial charge in [0.2, 0.25) is 0 Å². The molecule has 2 nitrogen and oxygen atoms in total. The Morgan fingerprint density at radius 2 is 2.00 bits per heavy atom. The molecular formula is C15H19NOS. The van der Waals surface area contributed by atoms with E-state index in [1.807, 2.05) is 32.9 Å². The number of fused-ring (bicyclic) bond motifs is 1. The molecule has 1 aromatic carbocycles. The maximum absolute atomic E-state index is 12.1. The average molecular weight is 261 g/mol. The second kappa shape index (κ2) is 4.81. The van der Waals surface area contributed by atoms with Crippen molar-refractivity contribution in [3.05, 3.63) is 35.4 Å². The lowest BCUT2D eigenvalue weighted by molar-refractivity contribution is -0.121. The van der Waals surface area contributed by atoms with Gasteiger partial charge in [-0.3, -0.25) is 4.79 Å². The average Bonchev–Trinajstić information content (AvgIpc) is 2.64. The molecule has 0 unspecified atom stereocenters. The third-order valence-electron chi connectivity index (χ3n) is 2.95. The minimum absolute atomic E-state index is 0.177. The molecule has 1 aromatic rings. The third-order valence-corrected chi connectivity index (χ3v) is 4.06. The van der Waals surface area contributed by atoms with Crippen molar-refractivity contribution in [2.24, 2.45) is 5.41 Å². The van der Waals surface area contributed by atoms with Gasteiger partial charge in [-0.1, -0.05) is 44.7 Å². The van der Waals surface area contributed by atoms with Gasteiger partial charge in [0.05, 0.1) is 10.7 Å². The summed E-state index contributed by atoms with van der Waals surface area (Å²) < 4.78 is 0. The monoisotopic (exact) mass is 261 g/mol. The van der Waals surface area contributed by atoms with E-state index in [1.165, 1.54) is 10.6 Å². The van der Waals surface area contributed by atoms with E-state index in [0.29, 0.717) is 0 Å². The Morgan fingerprint density at radius 3 is 2.61 bits per heavy atom. The first-order chi connectivity index (χ1) is 8.43. The predicted molar refractivity (Wildman–Crippen MR) is 77.9 cm³/mol. The number of carbonyl (C=O) groups excluding carboxylic acids is 1. The number of anilines is 1. The molecule has 0 aliphatic carbocycles. The zero-order chi connectivity index (χ0) is 13.3. The van der Waals surface area contributed by atoms with Gasteiger partial charge in [0.1, 0.15) is 0 Å². The van der Waals surface area contributed by atoms with Crippen LogP contribution in [0.25, 0.3) is 0 Å². The lowest BCUT2D eigenvalue weighted by Crippen LogP contribution is -2.22. The van der Waals surface area contributed by atoms with Gasteiger partial charge < -0.3 is 4.90 Å². The molecule has 96 valence electrons. The van der Waals surface area contributed by atoms with Gasteiger partial charge in [0.15, 0.2) is 5.78 Å². The molecule has 0 N–H and O–H groups in total. The summed E-state index contributed by atoms with van der Waals surface area (Å²) in [4.78, 5) is 15.5. The molecule has 2 rings (SSSR count). The van der Waals surface area contributed by atoms with Gasteiger partial charge in [-0.2, -0.15) is 0 Å². The fourth-order valence-corrected chi connectivity index (χ4v) is 2.97. The SMILES string of the molecule is CCN1/C(=C/C(=O)C(C)(C)C)Sc2ccccc21. The van der Waals surface area contributed by atoms with Gasteiger partial charge in [0.25, 0.3) is 0 Å². The minimum Gasteiger partial charge on any atom is -0.335 e. The molecule has 0 fully saturated rings. The summed E-state index contributed by atoms with van der Waals surface area (Å²) in [5.74, 6) is 0.177. The van der Waals surface area contributed by atoms with Crippen molar-refractivity contribution in [2.75, 3.05) is 11.4 Å². The first-order valence-electron chi connectivity index (χ1n) is 6.24. The maximum atomic E-state index is 12.1. The van der Waals surface area contributed by atoms with Crippen LogP contribution in [0.15, 0.2) is 40.3 Å². The quantitative estimate of drug-likeness (QED) is 0.748. The van der Waals surface area contributed by atoms with E-state index in [4.69, 9.17) is 0 Å². The van der Waals surface area contributed by atoms with Crippen LogP contribution in [0.4, 0.5) is 5.69 Å². The highest BCUT2D eigenvalue weighted by Gasteiger charge is 2.26. The van der Waals surface area contributed by atoms with E-state index < -0.39 is 0 Å². The van der Waals surface area contributed by atoms with Crippen LogP contribution in [0.3, 0.4) is 0 Å². The number of benzene rings is 1. The van der Waals surface area contributed by atoms with Crippen LogP contribution in [0.1, 0.15) is 27.7 Å². The topological polar surface area (TPSA) is 20.3 Å². The van der Waals surface area contributed by atoms with Gasteiger partial charge in [-0.15, -0.1) is 0 Å². The van der Waals surface area contributed by atoms with Crippen LogP contribution in [0.5, 0.6) is 0 Å². The number of carbonyl (C=O) groups is 1. The van der Waals surface area contributed by atoms with Gasteiger partial charge in [-0.05, 0) is 19.1 Å². The summed E-state index contributed by atoms with van der Waals surface area (Å²) in [5.41, 5.74) is 0.889. The molecule has 0 amide bonds. The number of para-hydroxylation sites is 1. The summed E-state index contributed by atoms with van der Waals surface area (Å²) in [6.45, 7) is 8.85. The normalized spacial score (nSPS) is 17.1. The van der Waals surface area contributed by atoms with Crippen LogP contribution in [-0.2, 0) is 4.79 Å². The molecule has 0 radical (unpaired) electrons. The Balaban J connectivity index is 2.33. The fourth-order valence-electron chi connectivity index (χ4n) is 1.82. The van der Waals surface area contributed by atoms with Crippen molar-refractivity contribution >= 4 is 23.2 Å². The minimum atomic E-state index is -0.318. The lowest BCUT2D eigenvalue weighted by atomic mass is 9.91. The number of ketones is 1. The van der Waals surface area contributed by atoms with Gasteiger partial charge >= 0.3 is 0 Å². The summed E-state index contributed by atoms with van der Waals surface area (Å²) in [7, 11) is 0. The molecule has 18 heavy (non-hydrogen) atoms. The van der Waals surface area contributed by atoms with Crippen molar-refractivity contribution in [3.8, 4) is 0 Å². The van der Waals surface area contributed by atoms with E-state index in [1.54, 1.807) is 17.8 Å². The number of allylic oxidation sites excluding steroid dienone is 1. The van der Waals surface area contributed by atoms with Crippen molar-refractivity contribution < 1.29 is 4.79 Å². The summed E-state index contributed by atoms with van der Waals surface area (Å²) >= 11 is 1.68. The summed E-state index contributed by atoms with van der Waals surface area (Å²) in [6.07, 6.45) is 1.79. The highest BCUT2D eigenvalue weighted by molar-refractivity contribution is 8.03. The second-order valence-corrected chi connectivity index (χ2v) is 6.47. The van der Waals surface area contributed by atoms with Crippen molar-refractivity contribution in [1.82, 2.24) is 0 Å². The second-order valence-electron chi connectivity index (χ2n) is 5.41. The van der Waals surface area contributed by atoms with E-state index in [0.717, 1.165) is 11.6 Å². The number of thioether (sulfide) groups is 1. The molecule has 0 aromatic heterocycles. The number of hydrogen-bond donors (Lipinski definition) is 0. The Bertz CT molecular complexity index is 499. The predicted octanol–water partition coefficient (Wildman–Crippen LogP) is 4.08. The number of hydrogen-bond acceptors (Lipinski definition) is 3. The summed E-state index contributed by atoms with van der Waals surface area (Å²) in [5, 5.41) is 1.04. The molecule has 0 atom stereocenters. The largest absolute Gasteiger partial charge is 0.335 e.